The second-order valence-electron chi connectivity index (χ2n) is 4.28. The zero-order valence-corrected chi connectivity index (χ0v) is 10.2. The van der Waals surface area contributed by atoms with Crippen molar-refractivity contribution in [3.63, 3.8) is 0 Å². The Morgan fingerprint density at radius 1 is 1.20 bits per heavy atom. The molecule has 1 radical (unpaired) electrons. The predicted molar refractivity (Wildman–Crippen MR) is 65.5 cm³/mol. The zero-order valence-electron chi connectivity index (χ0n) is 10.2. The highest BCUT2D eigenvalue weighted by atomic mass is 16.5. The maximum absolute atomic E-state index is 5.50. The van der Waals surface area contributed by atoms with Crippen molar-refractivity contribution >= 4 is 0 Å². The van der Waals surface area contributed by atoms with Crippen LogP contribution in [0.1, 0.15) is 50.7 Å². The van der Waals surface area contributed by atoms with Crippen LogP contribution in [0.2, 0.25) is 0 Å². The molecule has 0 aliphatic heterocycles. The number of ether oxygens (including phenoxy) is 1. The molecule has 1 nitrogen and oxygen atoms in total. The molecule has 0 N–H and O–H groups in total. The van der Waals surface area contributed by atoms with Crippen molar-refractivity contribution in [2.75, 3.05) is 6.61 Å². The summed E-state index contributed by atoms with van der Waals surface area (Å²) in [6, 6.07) is 6.33. The molecule has 83 valence electrons. The first kappa shape index (κ1) is 12.1. The van der Waals surface area contributed by atoms with Crippen molar-refractivity contribution in [1.29, 1.82) is 0 Å². The lowest BCUT2D eigenvalue weighted by atomic mass is 9.90. The van der Waals surface area contributed by atoms with E-state index >= 15 is 0 Å². The van der Waals surface area contributed by atoms with E-state index in [1.54, 1.807) is 0 Å². The molecule has 1 aromatic rings. The molecule has 0 spiro atoms. The molecule has 0 heterocycles. The summed E-state index contributed by atoms with van der Waals surface area (Å²) in [6.07, 6.45) is 0. The first-order valence-corrected chi connectivity index (χ1v) is 5.66. The van der Waals surface area contributed by atoms with Crippen LogP contribution in [-0.4, -0.2) is 6.61 Å². The Morgan fingerprint density at radius 2 is 1.87 bits per heavy atom. The molecule has 0 aliphatic carbocycles. The highest BCUT2D eigenvalue weighted by Gasteiger charge is 2.10. The van der Waals surface area contributed by atoms with Crippen molar-refractivity contribution in [3.05, 3.63) is 36.2 Å². The predicted octanol–water partition coefficient (Wildman–Crippen LogP) is 4.15. The second-order valence-corrected chi connectivity index (χ2v) is 4.28. The van der Waals surface area contributed by atoms with E-state index in [2.05, 4.69) is 39.8 Å². The van der Waals surface area contributed by atoms with Gasteiger partial charge in [0, 0.05) is 0 Å². The normalized spacial score (nSPS) is 11.1. The van der Waals surface area contributed by atoms with Gasteiger partial charge in [-0.05, 0) is 48.9 Å². The maximum atomic E-state index is 5.50. The number of benzene rings is 1. The Bertz CT molecular complexity index is 313. The molecule has 15 heavy (non-hydrogen) atoms. The highest BCUT2D eigenvalue weighted by Crippen LogP contribution is 2.29. The van der Waals surface area contributed by atoms with Gasteiger partial charge < -0.3 is 4.74 Å². The number of rotatable bonds is 4. The van der Waals surface area contributed by atoms with Gasteiger partial charge in [-0.1, -0.05) is 26.8 Å². The van der Waals surface area contributed by atoms with E-state index in [-0.39, 0.29) is 0 Å². The minimum absolute atomic E-state index is 0.308. The summed E-state index contributed by atoms with van der Waals surface area (Å²) in [5.74, 6) is 1.80. The van der Waals surface area contributed by atoms with Gasteiger partial charge in [0.15, 0.2) is 0 Å². The topological polar surface area (TPSA) is 9.23 Å². The lowest BCUT2D eigenvalue weighted by molar-refractivity contribution is 0.339. The van der Waals surface area contributed by atoms with Gasteiger partial charge in [0.25, 0.3) is 0 Å². The molecule has 0 fully saturated rings. The van der Waals surface area contributed by atoms with Crippen molar-refractivity contribution in [3.8, 4) is 5.75 Å². The first-order valence-electron chi connectivity index (χ1n) is 5.66. The van der Waals surface area contributed by atoms with Gasteiger partial charge >= 0.3 is 0 Å². The average molecular weight is 205 g/mol. The lowest BCUT2D eigenvalue weighted by Gasteiger charge is -2.17. The van der Waals surface area contributed by atoms with E-state index in [0.717, 1.165) is 5.75 Å². The van der Waals surface area contributed by atoms with E-state index < -0.39 is 0 Å². The Hall–Kier alpha value is -0.980. The smallest absolute Gasteiger partial charge is 0.119 e. The maximum Gasteiger partial charge on any atom is 0.119 e. The van der Waals surface area contributed by atoms with E-state index in [0.29, 0.717) is 18.4 Å². The molecule has 0 saturated heterocycles. The average Bonchev–Trinajstić information content (AvgIpc) is 2.17. The molecule has 0 amide bonds. The van der Waals surface area contributed by atoms with E-state index in [1.807, 2.05) is 13.0 Å². The molecule has 1 heteroatoms. The van der Waals surface area contributed by atoms with Crippen molar-refractivity contribution in [2.24, 2.45) is 0 Å². The van der Waals surface area contributed by atoms with Gasteiger partial charge in [0.2, 0.25) is 0 Å². The Balaban J connectivity index is 3.09. The van der Waals surface area contributed by atoms with Crippen LogP contribution in [0.5, 0.6) is 5.75 Å². The fraction of sp³-hybridized carbons (Fsp3) is 0.500. The summed E-state index contributed by atoms with van der Waals surface area (Å²) in [5.41, 5.74) is 2.68. The quantitative estimate of drug-likeness (QED) is 0.717. The summed E-state index contributed by atoms with van der Waals surface area (Å²) in [7, 11) is 0. The van der Waals surface area contributed by atoms with Gasteiger partial charge in [-0.25, -0.2) is 0 Å². The summed E-state index contributed by atoms with van der Waals surface area (Å²) < 4.78 is 5.50. The van der Waals surface area contributed by atoms with Gasteiger partial charge in [-0.2, -0.15) is 0 Å². The molecule has 0 aliphatic rings. The number of hydrogen-bond acceptors (Lipinski definition) is 1. The van der Waals surface area contributed by atoms with Crippen molar-refractivity contribution in [2.45, 2.75) is 39.5 Å². The summed E-state index contributed by atoms with van der Waals surface area (Å²) in [4.78, 5) is 0. The fourth-order valence-corrected chi connectivity index (χ4v) is 1.76. The molecule has 1 unspecified atom stereocenters. The molecule has 0 bridgehead atoms. The van der Waals surface area contributed by atoms with Gasteiger partial charge in [0.05, 0.1) is 6.61 Å². The fourth-order valence-electron chi connectivity index (χ4n) is 1.76. The Morgan fingerprint density at radius 3 is 2.33 bits per heavy atom. The molecular weight excluding hydrogens is 184 g/mol. The first-order chi connectivity index (χ1) is 7.06. The van der Waals surface area contributed by atoms with Gasteiger partial charge in [0.1, 0.15) is 5.75 Å². The Kier molecular flexibility index (Phi) is 4.19. The van der Waals surface area contributed by atoms with E-state index in [9.17, 15) is 0 Å². The monoisotopic (exact) mass is 205 g/mol. The van der Waals surface area contributed by atoms with Crippen LogP contribution in [0.4, 0.5) is 0 Å². The molecule has 1 atom stereocenters. The largest absolute Gasteiger partial charge is 0.494 e. The van der Waals surface area contributed by atoms with Crippen LogP contribution < -0.4 is 4.74 Å². The molecule has 0 saturated carbocycles. The molecule has 0 aromatic heterocycles. The third kappa shape index (κ3) is 2.98. The van der Waals surface area contributed by atoms with Crippen LogP contribution in [0.15, 0.2) is 18.2 Å². The standard InChI is InChI=1S/C14H21O/c1-6-15-12-7-8-13(10(2)3)14(9-12)11(4)5/h7-11H,4,6H2,1-3,5H3. The second kappa shape index (κ2) is 5.20. The SMILES string of the molecule is [CH2]C(C)c1cc(OCC)ccc1C(C)C. The van der Waals surface area contributed by atoms with Crippen LogP contribution in [-0.2, 0) is 0 Å². The Labute approximate surface area is 93.5 Å². The van der Waals surface area contributed by atoms with Crippen molar-refractivity contribution < 1.29 is 4.74 Å². The molecule has 1 aromatic carbocycles. The molecule has 1 rings (SSSR count). The van der Waals surface area contributed by atoms with Gasteiger partial charge in [-0.15, -0.1) is 0 Å². The minimum Gasteiger partial charge on any atom is -0.494 e. The summed E-state index contributed by atoms with van der Waals surface area (Å²) in [5, 5.41) is 0. The minimum atomic E-state index is 0.308. The summed E-state index contributed by atoms with van der Waals surface area (Å²) in [6.45, 7) is 13.4. The van der Waals surface area contributed by atoms with Crippen LogP contribution in [0, 0.1) is 6.92 Å². The third-order valence-electron chi connectivity index (χ3n) is 2.52. The zero-order chi connectivity index (χ0) is 11.4. The highest BCUT2D eigenvalue weighted by molar-refractivity contribution is 5.39. The van der Waals surface area contributed by atoms with Crippen LogP contribution in [0.3, 0.4) is 0 Å². The third-order valence-corrected chi connectivity index (χ3v) is 2.52. The van der Waals surface area contributed by atoms with E-state index in [4.69, 9.17) is 4.74 Å². The van der Waals surface area contributed by atoms with Gasteiger partial charge in [-0.3, -0.25) is 0 Å². The van der Waals surface area contributed by atoms with Crippen LogP contribution >= 0.6 is 0 Å². The lowest BCUT2D eigenvalue weighted by Crippen LogP contribution is -2.00. The van der Waals surface area contributed by atoms with Crippen LogP contribution in [0.25, 0.3) is 0 Å². The van der Waals surface area contributed by atoms with E-state index in [1.165, 1.54) is 11.1 Å². The number of hydrogen-bond donors (Lipinski definition) is 0. The van der Waals surface area contributed by atoms with Crippen molar-refractivity contribution in [1.82, 2.24) is 0 Å². The summed E-state index contributed by atoms with van der Waals surface area (Å²) >= 11 is 0. The molecular formula is C14H21O.